The monoisotopic (exact) mass is 326 g/mol. The van der Waals surface area contributed by atoms with Crippen LogP contribution in [0.3, 0.4) is 0 Å². The van der Waals surface area contributed by atoms with Crippen molar-refractivity contribution in [2.45, 2.75) is 6.54 Å². The Labute approximate surface area is 138 Å². The van der Waals surface area contributed by atoms with Gasteiger partial charge in [0.15, 0.2) is 0 Å². The van der Waals surface area contributed by atoms with E-state index in [1.807, 2.05) is 23.1 Å². The number of rotatable bonds is 3. The maximum atomic E-state index is 8.39. The lowest BCUT2D eigenvalue weighted by Gasteiger charge is -2.29. The van der Waals surface area contributed by atoms with Crippen LogP contribution >= 0.6 is 11.3 Å². The van der Waals surface area contributed by atoms with Crippen molar-refractivity contribution in [3.05, 3.63) is 46.5 Å². The van der Waals surface area contributed by atoms with Crippen LogP contribution in [0, 0.1) is 5.41 Å². The molecule has 0 aromatic carbocycles. The first kappa shape index (κ1) is 14.3. The van der Waals surface area contributed by atoms with Crippen molar-refractivity contribution in [3.8, 4) is 0 Å². The number of fused-ring (bicyclic) bond motifs is 1. The zero-order valence-corrected chi connectivity index (χ0v) is 13.5. The largest absolute Gasteiger partial charge is 0.354 e. The molecule has 0 spiro atoms. The van der Waals surface area contributed by atoms with Crippen molar-refractivity contribution in [3.63, 3.8) is 0 Å². The Morgan fingerprint density at radius 3 is 3.04 bits per heavy atom. The number of nitrogens with one attached hydrogen (secondary N) is 2. The number of hydrogen-bond donors (Lipinski definition) is 2. The normalized spacial score (nSPS) is 15.2. The number of piperazine rings is 1. The summed E-state index contributed by atoms with van der Waals surface area (Å²) in [6, 6.07) is 4.10. The molecular formula is C16H18N6S. The second kappa shape index (κ2) is 6.10. The van der Waals surface area contributed by atoms with Crippen LogP contribution in [-0.4, -0.2) is 51.7 Å². The van der Waals surface area contributed by atoms with Crippen molar-refractivity contribution in [2.24, 2.45) is 0 Å². The molecule has 1 aliphatic rings. The molecule has 1 saturated heterocycles. The molecule has 0 amide bonds. The molecule has 3 aromatic heterocycles. The Balaban J connectivity index is 1.52. The molecule has 2 N–H and O–H groups in total. The van der Waals surface area contributed by atoms with Gasteiger partial charge in [-0.3, -0.25) is 15.1 Å². The first-order valence-electron chi connectivity index (χ1n) is 7.69. The minimum Gasteiger partial charge on any atom is -0.354 e. The molecule has 3 aromatic rings. The number of amidine groups is 1. The van der Waals surface area contributed by atoms with E-state index in [0.717, 1.165) is 49.2 Å². The van der Waals surface area contributed by atoms with Gasteiger partial charge in [0, 0.05) is 59.8 Å². The lowest BCUT2D eigenvalue weighted by Crippen LogP contribution is -2.46. The summed E-state index contributed by atoms with van der Waals surface area (Å²) >= 11 is 1.69. The van der Waals surface area contributed by atoms with Crippen molar-refractivity contribution in [2.75, 3.05) is 26.2 Å². The molecule has 4 heterocycles. The van der Waals surface area contributed by atoms with E-state index in [1.165, 1.54) is 4.88 Å². The third-order valence-electron chi connectivity index (χ3n) is 4.11. The number of thiophene rings is 1. The molecule has 1 aliphatic heterocycles. The van der Waals surface area contributed by atoms with Crippen LogP contribution in [-0.2, 0) is 6.54 Å². The fourth-order valence-corrected chi connectivity index (χ4v) is 3.71. The summed E-state index contributed by atoms with van der Waals surface area (Å²) in [7, 11) is 0. The fraction of sp³-hybridized carbons (Fsp3) is 0.312. The number of aromatic nitrogens is 3. The zero-order valence-electron chi connectivity index (χ0n) is 12.7. The molecule has 118 valence electrons. The minimum absolute atomic E-state index is 0.628. The van der Waals surface area contributed by atoms with Gasteiger partial charge in [0.1, 0.15) is 5.84 Å². The van der Waals surface area contributed by atoms with Gasteiger partial charge in [0.2, 0.25) is 0 Å². The highest BCUT2D eigenvalue weighted by molar-refractivity contribution is 7.10. The van der Waals surface area contributed by atoms with Crippen LogP contribution < -0.4 is 5.32 Å². The summed E-state index contributed by atoms with van der Waals surface area (Å²) in [5.41, 5.74) is 2.09. The topological polar surface area (TPSA) is 69.8 Å². The van der Waals surface area contributed by atoms with Crippen LogP contribution in [0.2, 0.25) is 0 Å². The van der Waals surface area contributed by atoms with Gasteiger partial charge in [-0.2, -0.15) is 5.10 Å². The van der Waals surface area contributed by atoms with E-state index >= 15 is 0 Å². The smallest absolute Gasteiger partial charge is 0.129 e. The molecule has 6 nitrogen and oxygen atoms in total. The number of hydrogen-bond acceptors (Lipinski definition) is 5. The van der Waals surface area contributed by atoms with E-state index in [1.54, 1.807) is 17.5 Å². The lowest BCUT2D eigenvalue weighted by atomic mass is 10.2. The highest BCUT2D eigenvalue weighted by atomic mass is 32.1. The average Bonchev–Trinajstić information content (AvgIpc) is 3.23. The van der Waals surface area contributed by atoms with Gasteiger partial charge < -0.3 is 10.2 Å². The Morgan fingerprint density at radius 2 is 2.17 bits per heavy atom. The minimum atomic E-state index is 0.628. The SMILES string of the molecule is N=C(c1csc(Cn2ncc3cnccc32)c1)N1CCNCC1. The first-order valence-corrected chi connectivity index (χ1v) is 8.57. The number of nitrogens with zero attached hydrogens (tertiary/aromatic N) is 4. The van der Waals surface area contributed by atoms with Crippen molar-refractivity contribution < 1.29 is 0 Å². The Bertz CT molecular complexity index is 830. The average molecular weight is 326 g/mol. The Morgan fingerprint density at radius 1 is 1.30 bits per heavy atom. The van der Waals surface area contributed by atoms with Crippen LogP contribution in [0.15, 0.2) is 36.1 Å². The molecule has 1 fully saturated rings. The zero-order chi connectivity index (χ0) is 15.6. The van der Waals surface area contributed by atoms with Gasteiger partial charge in [-0.15, -0.1) is 11.3 Å². The highest BCUT2D eigenvalue weighted by Gasteiger charge is 2.16. The molecule has 23 heavy (non-hydrogen) atoms. The van der Waals surface area contributed by atoms with Crippen LogP contribution in [0.5, 0.6) is 0 Å². The molecule has 4 rings (SSSR count). The lowest BCUT2D eigenvalue weighted by molar-refractivity contribution is 0.356. The van der Waals surface area contributed by atoms with Gasteiger partial charge >= 0.3 is 0 Å². The summed E-state index contributed by atoms with van der Waals surface area (Å²) in [4.78, 5) is 7.47. The first-order chi connectivity index (χ1) is 11.3. The van der Waals surface area contributed by atoms with E-state index in [-0.39, 0.29) is 0 Å². The standard InChI is InChI=1S/C16H18N6S/c17-16(21-5-3-18-4-6-21)12-7-14(23-11-12)10-22-15-1-2-19-8-13(15)9-20-22/h1-2,7-9,11,17-18H,3-6,10H2. The second-order valence-corrected chi connectivity index (χ2v) is 6.62. The van der Waals surface area contributed by atoms with E-state index in [0.29, 0.717) is 5.84 Å². The maximum absolute atomic E-state index is 8.39. The molecule has 0 saturated carbocycles. The van der Waals surface area contributed by atoms with Crippen LogP contribution in [0.4, 0.5) is 0 Å². The summed E-state index contributed by atoms with van der Waals surface area (Å²) in [6.45, 7) is 4.44. The molecule has 0 aliphatic carbocycles. The molecular weight excluding hydrogens is 308 g/mol. The van der Waals surface area contributed by atoms with E-state index in [9.17, 15) is 0 Å². The summed E-state index contributed by atoms with van der Waals surface area (Å²) < 4.78 is 1.99. The molecule has 0 unspecified atom stereocenters. The maximum Gasteiger partial charge on any atom is 0.129 e. The van der Waals surface area contributed by atoms with E-state index in [4.69, 9.17) is 5.41 Å². The Hall–Kier alpha value is -2.25. The third-order valence-corrected chi connectivity index (χ3v) is 5.03. The molecule has 0 radical (unpaired) electrons. The fourth-order valence-electron chi connectivity index (χ4n) is 2.86. The van der Waals surface area contributed by atoms with Crippen molar-refractivity contribution in [1.29, 1.82) is 5.41 Å². The summed E-state index contributed by atoms with van der Waals surface area (Å²) in [5.74, 6) is 0.628. The van der Waals surface area contributed by atoms with Gasteiger partial charge in [-0.25, -0.2) is 0 Å². The van der Waals surface area contributed by atoms with Gasteiger partial charge in [-0.1, -0.05) is 0 Å². The molecule has 0 atom stereocenters. The van der Waals surface area contributed by atoms with Gasteiger partial charge in [-0.05, 0) is 12.1 Å². The van der Waals surface area contributed by atoms with Crippen LogP contribution in [0.25, 0.3) is 10.9 Å². The third kappa shape index (κ3) is 2.85. The number of pyridine rings is 1. The Kier molecular flexibility index (Phi) is 3.80. The van der Waals surface area contributed by atoms with E-state index in [2.05, 4.69) is 31.7 Å². The van der Waals surface area contributed by atoms with Crippen LogP contribution in [0.1, 0.15) is 10.4 Å². The predicted octanol–water partition coefficient (Wildman–Crippen LogP) is 1.77. The van der Waals surface area contributed by atoms with Gasteiger partial charge in [0.05, 0.1) is 18.3 Å². The quantitative estimate of drug-likeness (QED) is 0.568. The van der Waals surface area contributed by atoms with Crippen molar-refractivity contribution in [1.82, 2.24) is 25.0 Å². The molecule has 7 heteroatoms. The summed E-state index contributed by atoms with van der Waals surface area (Å²) in [6.07, 6.45) is 5.47. The molecule has 0 bridgehead atoms. The van der Waals surface area contributed by atoms with E-state index < -0.39 is 0 Å². The second-order valence-electron chi connectivity index (χ2n) is 5.62. The predicted molar refractivity (Wildman–Crippen MR) is 92.2 cm³/mol. The van der Waals surface area contributed by atoms with Crippen molar-refractivity contribution >= 4 is 28.1 Å². The summed E-state index contributed by atoms with van der Waals surface area (Å²) in [5, 5.41) is 19.3. The highest BCUT2D eigenvalue weighted by Crippen LogP contribution is 2.20. The van der Waals surface area contributed by atoms with Gasteiger partial charge in [0.25, 0.3) is 0 Å².